The van der Waals surface area contributed by atoms with Gasteiger partial charge in [0.2, 0.25) is 0 Å². The number of thiazole rings is 1. The van der Waals surface area contributed by atoms with Crippen molar-refractivity contribution < 1.29 is 14.7 Å². The van der Waals surface area contributed by atoms with E-state index in [9.17, 15) is 14.7 Å². The van der Waals surface area contributed by atoms with Crippen LogP contribution in [0.15, 0.2) is 29.6 Å². The molecule has 0 saturated carbocycles. The van der Waals surface area contributed by atoms with Gasteiger partial charge >= 0.3 is 5.97 Å². The Hall–Kier alpha value is -2.21. The summed E-state index contributed by atoms with van der Waals surface area (Å²) >= 11 is 1.45. The molecule has 126 valence electrons. The van der Waals surface area contributed by atoms with Crippen molar-refractivity contribution >= 4 is 23.2 Å². The number of rotatable bonds is 3. The number of carbonyl (C=O) groups excluding carboxylic acids is 1. The molecule has 1 N–H and O–H groups in total. The lowest BCUT2D eigenvalue weighted by Gasteiger charge is -2.39. The SMILES string of the molecule is Cc1cccc(C2(C(=O)O)CCN(C(=O)c3csc(C)n3)CC2)c1. The van der Waals surface area contributed by atoms with Crippen LogP contribution in [-0.2, 0) is 10.2 Å². The van der Waals surface area contributed by atoms with Crippen molar-refractivity contribution in [2.75, 3.05) is 13.1 Å². The maximum Gasteiger partial charge on any atom is 0.314 e. The molecule has 5 nitrogen and oxygen atoms in total. The third-order valence-electron chi connectivity index (χ3n) is 4.72. The van der Waals surface area contributed by atoms with Gasteiger partial charge in [0.15, 0.2) is 0 Å². The maximum absolute atomic E-state index is 12.5. The van der Waals surface area contributed by atoms with Gasteiger partial charge in [-0.1, -0.05) is 29.8 Å². The van der Waals surface area contributed by atoms with Crippen LogP contribution < -0.4 is 0 Å². The van der Waals surface area contributed by atoms with Crippen molar-refractivity contribution in [2.24, 2.45) is 0 Å². The number of carbonyl (C=O) groups is 2. The van der Waals surface area contributed by atoms with Gasteiger partial charge in [-0.2, -0.15) is 0 Å². The molecule has 0 bridgehead atoms. The number of carboxylic acids is 1. The molecule has 6 heteroatoms. The smallest absolute Gasteiger partial charge is 0.314 e. The Labute approximate surface area is 145 Å². The summed E-state index contributed by atoms with van der Waals surface area (Å²) in [5.74, 6) is -0.924. The normalized spacial score (nSPS) is 16.8. The molecule has 24 heavy (non-hydrogen) atoms. The zero-order valence-electron chi connectivity index (χ0n) is 13.8. The number of aryl methyl sites for hydroxylation is 2. The topological polar surface area (TPSA) is 70.5 Å². The Morgan fingerprint density at radius 1 is 1.25 bits per heavy atom. The standard InChI is InChI=1S/C18H20N2O3S/c1-12-4-3-5-14(10-12)18(17(22)23)6-8-20(9-7-18)16(21)15-11-24-13(2)19-15/h3-5,10-11H,6-9H2,1-2H3,(H,22,23). The molecular weight excluding hydrogens is 324 g/mol. The van der Waals surface area contributed by atoms with E-state index in [1.165, 1.54) is 11.3 Å². The molecule has 1 fully saturated rings. The predicted molar refractivity (Wildman–Crippen MR) is 92.5 cm³/mol. The Kier molecular flexibility index (Phi) is 4.41. The lowest BCUT2D eigenvalue weighted by atomic mass is 9.72. The average molecular weight is 344 g/mol. The van der Waals surface area contributed by atoms with Gasteiger partial charge in [0.05, 0.1) is 10.4 Å². The largest absolute Gasteiger partial charge is 0.481 e. The molecule has 2 heterocycles. The van der Waals surface area contributed by atoms with Gasteiger partial charge in [-0.25, -0.2) is 4.98 Å². The van der Waals surface area contributed by atoms with Crippen molar-refractivity contribution in [3.63, 3.8) is 0 Å². The van der Waals surface area contributed by atoms with Crippen molar-refractivity contribution in [1.82, 2.24) is 9.88 Å². The lowest BCUT2D eigenvalue weighted by Crippen LogP contribution is -2.49. The minimum atomic E-state index is -0.916. The molecule has 1 aromatic carbocycles. The second kappa shape index (κ2) is 6.36. The Morgan fingerprint density at radius 2 is 1.96 bits per heavy atom. The van der Waals surface area contributed by atoms with Crippen LogP contribution in [0.1, 0.15) is 39.5 Å². The number of piperidine rings is 1. The van der Waals surface area contributed by atoms with Crippen molar-refractivity contribution in [3.05, 3.63) is 51.5 Å². The Balaban J connectivity index is 1.80. The van der Waals surface area contributed by atoms with Crippen molar-refractivity contribution in [1.29, 1.82) is 0 Å². The predicted octanol–water partition coefficient (Wildman–Crippen LogP) is 3.02. The number of likely N-dealkylation sites (tertiary alicyclic amines) is 1. The quantitative estimate of drug-likeness (QED) is 0.929. The summed E-state index contributed by atoms with van der Waals surface area (Å²) < 4.78 is 0. The first-order chi connectivity index (χ1) is 11.4. The first-order valence-corrected chi connectivity index (χ1v) is 8.82. The first-order valence-electron chi connectivity index (χ1n) is 7.94. The minimum absolute atomic E-state index is 0.109. The lowest BCUT2D eigenvalue weighted by molar-refractivity contribution is -0.145. The van der Waals surface area contributed by atoms with E-state index in [-0.39, 0.29) is 5.91 Å². The number of aliphatic carboxylic acids is 1. The molecule has 1 aliphatic rings. The van der Waals surface area contributed by atoms with Gasteiger partial charge in [-0.15, -0.1) is 11.3 Å². The highest BCUT2D eigenvalue weighted by atomic mass is 32.1. The van der Waals surface area contributed by atoms with E-state index in [4.69, 9.17) is 0 Å². The Bertz CT molecular complexity index is 776. The summed E-state index contributed by atoms with van der Waals surface area (Å²) in [7, 11) is 0. The van der Waals surface area contributed by atoms with E-state index in [0.29, 0.717) is 31.6 Å². The van der Waals surface area contributed by atoms with Crippen LogP contribution in [0.2, 0.25) is 0 Å². The maximum atomic E-state index is 12.5. The van der Waals surface area contributed by atoms with Gasteiger partial charge in [-0.05, 0) is 32.3 Å². The summed E-state index contributed by atoms with van der Waals surface area (Å²) in [4.78, 5) is 30.5. The van der Waals surface area contributed by atoms with Gasteiger partial charge < -0.3 is 10.0 Å². The molecule has 2 aromatic rings. The zero-order chi connectivity index (χ0) is 17.3. The molecule has 3 rings (SSSR count). The number of benzene rings is 1. The second-order valence-electron chi connectivity index (χ2n) is 6.30. The molecule has 0 spiro atoms. The number of carboxylic acid groups (broad SMARTS) is 1. The van der Waals surface area contributed by atoms with Gasteiger partial charge in [-0.3, -0.25) is 9.59 Å². The molecule has 0 aliphatic carbocycles. The van der Waals surface area contributed by atoms with E-state index < -0.39 is 11.4 Å². The van der Waals surface area contributed by atoms with E-state index in [1.54, 1.807) is 10.3 Å². The number of amides is 1. The van der Waals surface area contributed by atoms with Crippen LogP contribution in [0.25, 0.3) is 0 Å². The number of hydrogen-bond acceptors (Lipinski definition) is 4. The Morgan fingerprint density at radius 3 is 2.50 bits per heavy atom. The first kappa shape index (κ1) is 16.6. The summed E-state index contributed by atoms with van der Waals surface area (Å²) in [6.07, 6.45) is 0.835. The summed E-state index contributed by atoms with van der Waals surface area (Å²) in [5, 5.41) is 12.5. The van der Waals surface area contributed by atoms with Gasteiger partial charge in [0, 0.05) is 18.5 Å². The highest BCUT2D eigenvalue weighted by Gasteiger charge is 2.44. The molecule has 1 aliphatic heterocycles. The summed E-state index contributed by atoms with van der Waals surface area (Å²) in [5.41, 5.74) is 1.41. The minimum Gasteiger partial charge on any atom is -0.481 e. The number of nitrogens with zero attached hydrogens (tertiary/aromatic N) is 2. The number of hydrogen-bond donors (Lipinski definition) is 1. The molecular formula is C18H20N2O3S. The molecule has 1 aromatic heterocycles. The molecule has 0 atom stereocenters. The van der Waals surface area contributed by atoms with Crippen LogP contribution >= 0.6 is 11.3 Å². The molecule has 1 amide bonds. The van der Waals surface area contributed by atoms with Crippen LogP contribution in [0.5, 0.6) is 0 Å². The van der Waals surface area contributed by atoms with Crippen molar-refractivity contribution in [2.45, 2.75) is 32.1 Å². The molecule has 0 unspecified atom stereocenters. The molecule has 1 saturated heterocycles. The second-order valence-corrected chi connectivity index (χ2v) is 7.36. The van der Waals surface area contributed by atoms with Gasteiger partial charge in [0.25, 0.3) is 5.91 Å². The van der Waals surface area contributed by atoms with E-state index in [0.717, 1.165) is 16.1 Å². The van der Waals surface area contributed by atoms with Crippen LogP contribution in [-0.4, -0.2) is 40.0 Å². The van der Waals surface area contributed by atoms with Crippen molar-refractivity contribution in [3.8, 4) is 0 Å². The number of aromatic nitrogens is 1. The van der Waals surface area contributed by atoms with E-state index >= 15 is 0 Å². The summed E-state index contributed by atoms with van der Waals surface area (Å²) in [6.45, 7) is 4.68. The molecule has 0 radical (unpaired) electrons. The van der Waals surface area contributed by atoms with Crippen LogP contribution in [0.4, 0.5) is 0 Å². The highest BCUT2D eigenvalue weighted by molar-refractivity contribution is 7.09. The third kappa shape index (κ3) is 2.94. The van der Waals surface area contributed by atoms with Crippen LogP contribution in [0.3, 0.4) is 0 Å². The summed E-state index contributed by atoms with van der Waals surface area (Å²) in [6, 6.07) is 7.67. The highest BCUT2D eigenvalue weighted by Crippen LogP contribution is 2.36. The van der Waals surface area contributed by atoms with E-state index in [1.807, 2.05) is 38.1 Å². The van der Waals surface area contributed by atoms with Gasteiger partial charge in [0.1, 0.15) is 5.69 Å². The third-order valence-corrected chi connectivity index (χ3v) is 5.50. The monoisotopic (exact) mass is 344 g/mol. The average Bonchev–Trinajstić information content (AvgIpc) is 3.00. The fourth-order valence-corrected chi connectivity index (χ4v) is 3.87. The van der Waals surface area contributed by atoms with E-state index in [2.05, 4.69) is 4.98 Å². The fourth-order valence-electron chi connectivity index (χ4n) is 3.28. The fraction of sp³-hybridized carbons (Fsp3) is 0.389. The zero-order valence-corrected chi connectivity index (χ0v) is 14.6. The van der Waals surface area contributed by atoms with Crippen LogP contribution in [0, 0.1) is 13.8 Å².